The summed E-state index contributed by atoms with van der Waals surface area (Å²) in [6, 6.07) is 24.8. The van der Waals surface area contributed by atoms with Crippen molar-refractivity contribution < 1.29 is 9.59 Å². The Morgan fingerprint density at radius 3 is 1.92 bits per heavy atom. The molecule has 1 aliphatic carbocycles. The molecule has 0 saturated heterocycles. The van der Waals surface area contributed by atoms with Crippen molar-refractivity contribution >= 4 is 35.0 Å². The summed E-state index contributed by atoms with van der Waals surface area (Å²) < 4.78 is 0. The van der Waals surface area contributed by atoms with Crippen molar-refractivity contribution in [2.75, 3.05) is 0 Å². The first-order valence-corrected chi connectivity index (χ1v) is 13.3. The minimum Gasteiger partial charge on any atom is -0.352 e. The third-order valence-corrected chi connectivity index (χ3v) is 7.75. The summed E-state index contributed by atoms with van der Waals surface area (Å²) in [5.74, 6) is -0.415. The van der Waals surface area contributed by atoms with Crippen LogP contribution in [0.15, 0.2) is 78.9 Å². The molecule has 4 nitrogen and oxygen atoms in total. The molecule has 0 heterocycles. The average Bonchev–Trinajstić information content (AvgIpc) is 3.41. The molecule has 1 fully saturated rings. The number of hydrogen-bond donors (Lipinski definition) is 1. The summed E-state index contributed by atoms with van der Waals surface area (Å²) in [6.45, 7) is 1.94. The van der Waals surface area contributed by atoms with E-state index in [0.29, 0.717) is 15.6 Å². The fourth-order valence-electron chi connectivity index (χ4n) is 4.92. The molecule has 0 radical (unpaired) electrons. The molecule has 2 amide bonds. The lowest BCUT2D eigenvalue weighted by molar-refractivity contribution is -0.141. The van der Waals surface area contributed by atoms with E-state index in [9.17, 15) is 9.59 Å². The van der Waals surface area contributed by atoms with Crippen LogP contribution in [-0.2, 0) is 16.1 Å². The normalized spacial score (nSPS) is 14.6. The summed E-state index contributed by atoms with van der Waals surface area (Å²) in [6.07, 6.45) is 4.41. The van der Waals surface area contributed by atoms with Gasteiger partial charge in [-0.2, -0.15) is 0 Å². The molecule has 1 saturated carbocycles. The smallest absolute Gasteiger partial charge is 0.242 e. The van der Waals surface area contributed by atoms with E-state index in [1.807, 2.05) is 60.7 Å². The van der Waals surface area contributed by atoms with Crippen LogP contribution in [0.2, 0.25) is 10.0 Å². The summed E-state index contributed by atoms with van der Waals surface area (Å²) in [5, 5.41) is 4.10. The Morgan fingerprint density at radius 2 is 1.39 bits per heavy atom. The molecular weight excluding hydrogens is 491 g/mol. The van der Waals surface area contributed by atoms with Gasteiger partial charge in [0.15, 0.2) is 0 Å². The second kappa shape index (κ2) is 12.4. The Hall–Kier alpha value is -2.82. The zero-order valence-corrected chi connectivity index (χ0v) is 22.0. The molecule has 1 aliphatic rings. The predicted molar refractivity (Wildman–Crippen MR) is 146 cm³/mol. The highest BCUT2D eigenvalue weighted by atomic mass is 35.5. The van der Waals surface area contributed by atoms with Gasteiger partial charge in [-0.15, -0.1) is 0 Å². The van der Waals surface area contributed by atoms with E-state index in [4.69, 9.17) is 23.2 Å². The first-order chi connectivity index (χ1) is 17.4. The molecule has 4 rings (SSSR count). The molecule has 188 valence electrons. The fourth-order valence-corrected chi connectivity index (χ4v) is 5.44. The molecule has 6 heteroatoms. The van der Waals surface area contributed by atoms with Crippen LogP contribution in [0.3, 0.4) is 0 Å². The average molecular weight is 524 g/mol. The molecule has 1 N–H and O–H groups in total. The van der Waals surface area contributed by atoms with Gasteiger partial charge < -0.3 is 10.2 Å². The Labute approximate surface area is 223 Å². The number of amides is 2. The Kier molecular flexibility index (Phi) is 9.06. The highest BCUT2D eigenvalue weighted by Gasteiger charge is 2.31. The zero-order chi connectivity index (χ0) is 25.5. The standard InChI is InChI=1S/C30H32Cl2N2O2/c1-21(30(36)33-24-15-8-9-16-24)34(20-26-27(31)17-10-18-28(26)32)29(35)19-25(22-11-4-2-5-12-22)23-13-6-3-7-14-23/h2-7,10-14,17-18,21,24-25H,8-9,15-16,19-20H2,1H3,(H,33,36)/t21-/m1/s1. The Morgan fingerprint density at radius 1 is 0.861 bits per heavy atom. The third-order valence-electron chi connectivity index (χ3n) is 7.04. The Balaban J connectivity index is 1.63. The molecule has 0 aromatic heterocycles. The van der Waals surface area contributed by atoms with E-state index >= 15 is 0 Å². The highest BCUT2D eigenvalue weighted by Crippen LogP contribution is 2.31. The summed E-state index contributed by atoms with van der Waals surface area (Å²) in [7, 11) is 0. The van der Waals surface area contributed by atoms with Gasteiger partial charge in [-0.3, -0.25) is 9.59 Å². The SMILES string of the molecule is C[C@H](C(=O)NC1CCCC1)N(Cc1c(Cl)cccc1Cl)C(=O)CC(c1ccccc1)c1ccccc1. The maximum atomic E-state index is 14.0. The molecule has 1 atom stereocenters. The monoisotopic (exact) mass is 522 g/mol. The van der Waals surface area contributed by atoms with Crippen LogP contribution in [0.25, 0.3) is 0 Å². The third kappa shape index (κ3) is 6.48. The quantitative estimate of drug-likeness (QED) is 0.329. The fraction of sp³-hybridized carbons (Fsp3) is 0.333. The second-order valence-electron chi connectivity index (χ2n) is 9.47. The zero-order valence-electron chi connectivity index (χ0n) is 20.5. The minimum absolute atomic E-state index is 0.127. The topological polar surface area (TPSA) is 49.4 Å². The number of carbonyl (C=O) groups excluding carboxylic acids is 2. The molecule has 3 aromatic rings. The van der Waals surface area contributed by atoms with Crippen molar-refractivity contribution in [2.24, 2.45) is 0 Å². The van der Waals surface area contributed by atoms with Gasteiger partial charge in [0.2, 0.25) is 11.8 Å². The first kappa shape index (κ1) is 26.2. The summed E-state index contributed by atoms with van der Waals surface area (Å²) >= 11 is 12.9. The van der Waals surface area contributed by atoms with Crippen molar-refractivity contribution in [3.63, 3.8) is 0 Å². The van der Waals surface area contributed by atoms with Crippen LogP contribution in [0.5, 0.6) is 0 Å². The van der Waals surface area contributed by atoms with Gasteiger partial charge in [-0.1, -0.05) is 103 Å². The molecule has 36 heavy (non-hydrogen) atoms. The highest BCUT2D eigenvalue weighted by molar-refractivity contribution is 6.36. The van der Waals surface area contributed by atoms with Crippen LogP contribution in [0.1, 0.15) is 61.6 Å². The van der Waals surface area contributed by atoms with Crippen molar-refractivity contribution in [1.29, 1.82) is 0 Å². The van der Waals surface area contributed by atoms with Crippen LogP contribution in [0.4, 0.5) is 0 Å². The maximum absolute atomic E-state index is 14.0. The van der Waals surface area contributed by atoms with Gasteiger partial charge in [0.1, 0.15) is 6.04 Å². The van der Waals surface area contributed by atoms with Crippen molar-refractivity contribution in [3.05, 3.63) is 106 Å². The van der Waals surface area contributed by atoms with E-state index in [0.717, 1.165) is 36.8 Å². The van der Waals surface area contributed by atoms with Gasteiger partial charge in [0.25, 0.3) is 0 Å². The van der Waals surface area contributed by atoms with Crippen molar-refractivity contribution in [3.8, 4) is 0 Å². The van der Waals surface area contributed by atoms with Gasteiger partial charge >= 0.3 is 0 Å². The van der Waals surface area contributed by atoms with E-state index in [-0.39, 0.29) is 36.7 Å². The first-order valence-electron chi connectivity index (χ1n) is 12.6. The van der Waals surface area contributed by atoms with E-state index in [1.165, 1.54) is 0 Å². The van der Waals surface area contributed by atoms with E-state index in [1.54, 1.807) is 30.0 Å². The molecular formula is C30H32Cl2N2O2. The predicted octanol–water partition coefficient (Wildman–Crippen LogP) is 6.99. The largest absolute Gasteiger partial charge is 0.352 e. The van der Waals surface area contributed by atoms with Gasteiger partial charge in [0.05, 0.1) is 0 Å². The number of nitrogens with zero attached hydrogens (tertiary/aromatic N) is 1. The summed E-state index contributed by atoms with van der Waals surface area (Å²) in [5.41, 5.74) is 2.75. The number of nitrogens with one attached hydrogen (secondary N) is 1. The lowest BCUT2D eigenvalue weighted by atomic mass is 9.88. The van der Waals surface area contributed by atoms with Crippen molar-refractivity contribution in [1.82, 2.24) is 10.2 Å². The number of benzene rings is 3. The number of rotatable bonds is 9. The second-order valence-corrected chi connectivity index (χ2v) is 10.3. The van der Waals surface area contributed by atoms with Crippen LogP contribution < -0.4 is 5.32 Å². The molecule has 0 aliphatic heterocycles. The number of halogens is 2. The lowest BCUT2D eigenvalue weighted by Crippen LogP contribution is -2.50. The molecule has 0 bridgehead atoms. The number of carbonyl (C=O) groups is 2. The Bertz CT molecular complexity index is 1100. The minimum atomic E-state index is -0.669. The van der Waals surface area contributed by atoms with Gasteiger partial charge in [-0.25, -0.2) is 0 Å². The van der Waals surface area contributed by atoms with Gasteiger partial charge in [0, 0.05) is 40.5 Å². The van der Waals surface area contributed by atoms with E-state index < -0.39 is 6.04 Å². The van der Waals surface area contributed by atoms with Crippen LogP contribution in [-0.4, -0.2) is 28.8 Å². The van der Waals surface area contributed by atoms with Crippen molar-refractivity contribution in [2.45, 2.75) is 63.6 Å². The maximum Gasteiger partial charge on any atom is 0.242 e. The molecule has 0 spiro atoms. The molecule has 0 unspecified atom stereocenters. The van der Waals surface area contributed by atoms with Gasteiger partial charge in [-0.05, 0) is 43.0 Å². The molecule has 3 aromatic carbocycles. The van der Waals surface area contributed by atoms with Crippen LogP contribution >= 0.6 is 23.2 Å². The van der Waals surface area contributed by atoms with Crippen LogP contribution in [0, 0.1) is 0 Å². The lowest BCUT2D eigenvalue weighted by Gasteiger charge is -2.31. The summed E-state index contributed by atoms with van der Waals surface area (Å²) in [4.78, 5) is 28.9. The number of hydrogen-bond acceptors (Lipinski definition) is 2. The van der Waals surface area contributed by atoms with E-state index in [2.05, 4.69) is 5.32 Å².